The van der Waals surface area contributed by atoms with Crippen LogP contribution in [0.5, 0.6) is 0 Å². The van der Waals surface area contributed by atoms with Gasteiger partial charge in [-0.15, -0.1) is 0 Å². The monoisotopic (exact) mass is 295 g/mol. The van der Waals surface area contributed by atoms with Crippen molar-refractivity contribution in [2.24, 2.45) is 0 Å². The molecule has 0 bridgehead atoms. The molecule has 0 saturated carbocycles. The Morgan fingerprint density at radius 2 is 2.21 bits per heavy atom. The first kappa shape index (κ1) is 12.7. The van der Waals surface area contributed by atoms with Crippen molar-refractivity contribution in [3.8, 4) is 0 Å². The molecule has 0 unspecified atom stereocenters. The summed E-state index contributed by atoms with van der Waals surface area (Å²) in [5.74, 6) is 0.413. The molecule has 0 saturated heterocycles. The van der Waals surface area contributed by atoms with Crippen LogP contribution in [-0.4, -0.2) is 22.1 Å². The maximum Gasteiger partial charge on any atom is 0.491 e. The van der Waals surface area contributed by atoms with E-state index in [-0.39, 0.29) is 5.28 Å². The van der Waals surface area contributed by atoms with E-state index in [0.29, 0.717) is 17.4 Å². The van der Waals surface area contributed by atoms with Gasteiger partial charge in [-0.1, -0.05) is 23.7 Å². The van der Waals surface area contributed by atoms with Gasteiger partial charge in [-0.2, -0.15) is 4.98 Å². The summed E-state index contributed by atoms with van der Waals surface area (Å²) in [5, 5.41) is 13.2. The fraction of sp³-hybridized carbons (Fsp3) is 0.0909. The lowest BCUT2D eigenvalue weighted by atomic mass is 9.79. The van der Waals surface area contributed by atoms with Crippen LogP contribution in [0.25, 0.3) is 0 Å². The second kappa shape index (κ2) is 4.98. The molecule has 0 atom stereocenters. The SMILES string of the molecule is OB1OCc2c(Nc3nc(Cl)ncc3Cl)cccc21. The number of hydrogen-bond acceptors (Lipinski definition) is 5. The first-order valence-corrected chi connectivity index (χ1v) is 6.27. The van der Waals surface area contributed by atoms with E-state index < -0.39 is 7.12 Å². The van der Waals surface area contributed by atoms with Crippen molar-refractivity contribution < 1.29 is 9.68 Å². The highest BCUT2D eigenvalue weighted by Gasteiger charge is 2.29. The molecule has 0 radical (unpaired) electrons. The Labute approximate surface area is 119 Å². The Morgan fingerprint density at radius 3 is 3.05 bits per heavy atom. The molecule has 1 aromatic heterocycles. The number of rotatable bonds is 2. The van der Waals surface area contributed by atoms with Crippen LogP contribution in [0.4, 0.5) is 11.5 Å². The Morgan fingerprint density at radius 1 is 1.37 bits per heavy atom. The van der Waals surface area contributed by atoms with Gasteiger partial charge in [0.05, 0.1) is 12.8 Å². The highest BCUT2D eigenvalue weighted by molar-refractivity contribution is 6.61. The van der Waals surface area contributed by atoms with Gasteiger partial charge in [0.15, 0.2) is 5.82 Å². The van der Waals surface area contributed by atoms with Crippen LogP contribution in [0.15, 0.2) is 24.4 Å². The van der Waals surface area contributed by atoms with Crippen molar-refractivity contribution in [3.63, 3.8) is 0 Å². The summed E-state index contributed by atoms with van der Waals surface area (Å²) in [6, 6.07) is 5.48. The molecular weight excluding hydrogens is 288 g/mol. The van der Waals surface area contributed by atoms with Crippen LogP contribution in [0.1, 0.15) is 5.56 Å². The summed E-state index contributed by atoms with van der Waals surface area (Å²) in [6.07, 6.45) is 1.42. The molecule has 1 aliphatic heterocycles. The lowest BCUT2D eigenvalue weighted by molar-refractivity contribution is 0.276. The standard InChI is InChI=1S/C11H8BCl2N3O2/c13-8-4-15-11(14)17-10(8)16-9-3-1-2-7-6(9)5-19-12(7)18/h1-4,18H,5H2,(H,15,16,17). The molecule has 3 rings (SSSR count). The number of aromatic nitrogens is 2. The normalized spacial score (nSPS) is 13.5. The fourth-order valence-electron chi connectivity index (χ4n) is 1.93. The number of anilines is 2. The van der Waals surface area contributed by atoms with Gasteiger partial charge in [-0.25, -0.2) is 4.98 Å². The number of halogens is 2. The average Bonchev–Trinajstić information content (AvgIpc) is 2.77. The topological polar surface area (TPSA) is 67.3 Å². The van der Waals surface area contributed by atoms with Crippen molar-refractivity contribution in [3.05, 3.63) is 40.3 Å². The van der Waals surface area contributed by atoms with E-state index in [1.54, 1.807) is 0 Å². The van der Waals surface area contributed by atoms with Gasteiger partial charge in [-0.05, 0) is 28.7 Å². The van der Waals surface area contributed by atoms with Gasteiger partial charge in [0.1, 0.15) is 5.02 Å². The minimum atomic E-state index is -0.888. The van der Waals surface area contributed by atoms with E-state index in [0.717, 1.165) is 16.7 Å². The maximum absolute atomic E-state index is 9.65. The zero-order chi connectivity index (χ0) is 13.4. The maximum atomic E-state index is 9.65. The highest BCUT2D eigenvalue weighted by Crippen LogP contribution is 2.27. The van der Waals surface area contributed by atoms with Gasteiger partial charge < -0.3 is 15.0 Å². The van der Waals surface area contributed by atoms with Crippen LogP contribution in [0.2, 0.25) is 10.3 Å². The molecule has 8 heteroatoms. The van der Waals surface area contributed by atoms with Crippen LogP contribution in [-0.2, 0) is 11.3 Å². The summed E-state index contributed by atoms with van der Waals surface area (Å²) in [6.45, 7) is 0.329. The zero-order valence-corrected chi connectivity index (χ0v) is 11.1. The van der Waals surface area contributed by atoms with Crippen molar-refractivity contribution in [1.82, 2.24) is 9.97 Å². The molecule has 0 spiro atoms. The Hall–Kier alpha value is -1.34. The van der Waals surface area contributed by atoms with E-state index in [2.05, 4.69) is 15.3 Å². The molecule has 96 valence electrons. The minimum absolute atomic E-state index is 0.107. The van der Waals surface area contributed by atoms with E-state index in [9.17, 15) is 5.02 Å². The summed E-state index contributed by atoms with van der Waals surface area (Å²) in [7, 11) is -0.888. The number of fused-ring (bicyclic) bond motifs is 1. The third-order valence-electron chi connectivity index (χ3n) is 2.83. The second-order valence-electron chi connectivity index (χ2n) is 4.00. The van der Waals surface area contributed by atoms with Gasteiger partial charge in [0.25, 0.3) is 0 Å². The number of nitrogens with one attached hydrogen (secondary N) is 1. The molecule has 19 heavy (non-hydrogen) atoms. The Balaban J connectivity index is 1.98. The van der Waals surface area contributed by atoms with Gasteiger partial charge in [-0.3, -0.25) is 0 Å². The van der Waals surface area contributed by atoms with E-state index in [4.69, 9.17) is 27.9 Å². The van der Waals surface area contributed by atoms with Crippen molar-refractivity contribution in [1.29, 1.82) is 0 Å². The van der Waals surface area contributed by atoms with Crippen molar-refractivity contribution >= 4 is 47.3 Å². The Kier molecular flexibility index (Phi) is 3.32. The summed E-state index contributed by atoms with van der Waals surface area (Å²) < 4.78 is 5.18. The molecule has 0 amide bonds. The average molecular weight is 296 g/mol. The van der Waals surface area contributed by atoms with Crippen LogP contribution >= 0.6 is 23.2 Å². The first-order valence-electron chi connectivity index (χ1n) is 5.51. The number of nitrogens with zero attached hydrogens (tertiary/aromatic N) is 2. The second-order valence-corrected chi connectivity index (χ2v) is 4.74. The minimum Gasteiger partial charge on any atom is -0.423 e. The van der Waals surface area contributed by atoms with Crippen LogP contribution < -0.4 is 10.8 Å². The summed E-state index contributed by atoms with van der Waals surface area (Å²) in [5.41, 5.74) is 2.38. The molecule has 0 aliphatic carbocycles. The zero-order valence-electron chi connectivity index (χ0n) is 9.60. The third kappa shape index (κ3) is 2.40. The molecule has 5 nitrogen and oxygen atoms in total. The fourth-order valence-corrected chi connectivity index (χ4v) is 2.20. The first-order chi connectivity index (χ1) is 9.15. The van der Waals surface area contributed by atoms with Crippen molar-refractivity contribution in [2.75, 3.05) is 5.32 Å². The Bertz CT molecular complexity index is 641. The summed E-state index contributed by atoms with van der Waals surface area (Å²) in [4.78, 5) is 7.80. The van der Waals surface area contributed by atoms with Crippen LogP contribution in [0, 0.1) is 0 Å². The third-order valence-corrected chi connectivity index (χ3v) is 3.29. The van der Waals surface area contributed by atoms with Gasteiger partial charge >= 0.3 is 7.12 Å². The number of hydrogen-bond donors (Lipinski definition) is 2. The predicted molar refractivity (Wildman–Crippen MR) is 74.2 cm³/mol. The van der Waals surface area contributed by atoms with E-state index in [1.165, 1.54) is 6.20 Å². The number of benzene rings is 1. The lowest BCUT2D eigenvalue weighted by Crippen LogP contribution is -2.28. The highest BCUT2D eigenvalue weighted by atomic mass is 35.5. The van der Waals surface area contributed by atoms with E-state index >= 15 is 0 Å². The summed E-state index contributed by atoms with van der Waals surface area (Å²) >= 11 is 11.7. The van der Waals surface area contributed by atoms with Gasteiger partial charge in [0, 0.05) is 5.69 Å². The van der Waals surface area contributed by atoms with E-state index in [1.807, 2.05) is 18.2 Å². The van der Waals surface area contributed by atoms with Gasteiger partial charge in [0.2, 0.25) is 5.28 Å². The molecular formula is C11H8BCl2N3O2. The molecule has 2 heterocycles. The quantitative estimate of drug-likeness (QED) is 0.652. The predicted octanol–water partition coefficient (Wildman–Crippen LogP) is 1.74. The lowest BCUT2D eigenvalue weighted by Gasteiger charge is -2.11. The van der Waals surface area contributed by atoms with Crippen molar-refractivity contribution in [2.45, 2.75) is 6.61 Å². The molecule has 2 aromatic rings. The molecule has 1 aliphatic rings. The largest absolute Gasteiger partial charge is 0.491 e. The molecule has 2 N–H and O–H groups in total. The smallest absolute Gasteiger partial charge is 0.423 e. The molecule has 0 fully saturated rings. The van der Waals surface area contributed by atoms with Crippen LogP contribution in [0.3, 0.4) is 0 Å². The molecule has 1 aromatic carbocycles.